The fourth-order valence-electron chi connectivity index (χ4n) is 4.73. The van der Waals surface area contributed by atoms with E-state index >= 15 is 0 Å². The van der Waals surface area contributed by atoms with Gasteiger partial charge >= 0.3 is 0 Å². The highest BCUT2D eigenvalue weighted by Gasteiger charge is 2.46. The Balaban J connectivity index is 1.62. The number of pyridine rings is 1. The lowest BCUT2D eigenvalue weighted by Gasteiger charge is -2.25. The van der Waals surface area contributed by atoms with Crippen LogP contribution in [0, 0.1) is 0 Å². The third-order valence-electron chi connectivity index (χ3n) is 6.35. The van der Waals surface area contributed by atoms with Gasteiger partial charge in [-0.15, -0.1) is 0 Å². The van der Waals surface area contributed by atoms with Gasteiger partial charge in [-0.2, -0.15) is 0 Å². The Morgan fingerprint density at radius 2 is 2.00 bits per heavy atom. The maximum Gasteiger partial charge on any atom is 0.295 e. The van der Waals surface area contributed by atoms with Crippen LogP contribution in [0.3, 0.4) is 0 Å². The molecule has 3 aromatic rings. The molecule has 1 aromatic heterocycles. The number of hydrogen-bond acceptors (Lipinski definition) is 6. The molecule has 0 radical (unpaired) electrons. The molecule has 0 saturated carbocycles. The van der Waals surface area contributed by atoms with Crippen LogP contribution >= 0.6 is 0 Å². The number of fused-ring (bicyclic) bond motifs is 1. The number of carbonyl (C=O) groups excluding carboxylic acids is 2. The lowest BCUT2D eigenvalue weighted by atomic mass is 9.94. The number of aromatic nitrogens is 1. The summed E-state index contributed by atoms with van der Waals surface area (Å²) in [5, 5.41) is 11.4. The Kier molecular flexibility index (Phi) is 6.29. The molecule has 0 spiro atoms. The maximum atomic E-state index is 13.4. The first-order chi connectivity index (χ1) is 17.5. The fourth-order valence-corrected chi connectivity index (χ4v) is 4.73. The summed E-state index contributed by atoms with van der Waals surface area (Å²) in [7, 11) is 0. The molecule has 1 N–H and O–H groups in total. The molecule has 3 heterocycles. The maximum absolute atomic E-state index is 13.4. The van der Waals surface area contributed by atoms with Gasteiger partial charge in [0.1, 0.15) is 30.0 Å². The van der Waals surface area contributed by atoms with Crippen molar-refractivity contribution < 1.29 is 24.2 Å². The molecule has 2 atom stereocenters. The van der Waals surface area contributed by atoms with Crippen molar-refractivity contribution in [2.45, 2.75) is 32.0 Å². The van der Waals surface area contributed by atoms with Gasteiger partial charge in [0, 0.05) is 30.9 Å². The van der Waals surface area contributed by atoms with Gasteiger partial charge in [-0.3, -0.25) is 14.6 Å². The van der Waals surface area contributed by atoms with Gasteiger partial charge in [-0.1, -0.05) is 24.8 Å². The predicted molar refractivity (Wildman–Crippen MR) is 134 cm³/mol. The molecule has 5 rings (SSSR count). The van der Waals surface area contributed by atoms with Crippen LogP contribution in [0.1, 0.15) is 35.2 Å². The minimum Gasteiger partial charge on any atom is -0.507 e. The first-order valence-corrected chi connectivity index (χ1v) is 11.8. The molecule has 7 heteroatoms. The fraction of sp³-hybridized carbons (Fsp3) is 0.207. The number of likely N-dealkylation sites (tertiary alicyclic amines) is 1. The summed E-state index contributed by atoms with van der Waals surface area (Å²) in [5.74, 6) is -0.273. The normalized spacial score (nSPS) is 20.2. The smallest absolute Gasteiger partial charge is 0.295 e. The molecule has 2 aromatic carbocycles. The van der Waals surface area contributed by atoms with Crippen LogP contribution in [-0.2, 0) is 22.6 Å². The zero-order valence-corrected chi connectivity index (χ0v) is 19.9. The number of benzene rings is 2. The summed E-state index contributed by atoms with van der Waals surface area (Å²) in [6.07, 6.45) is 5.66. The standard InChI is InChI=1S/C29H26N2O5/c1-3-13-35-23-6-4-5-20(16-23)26-25(27(32)21-7-8-24-22(15-21)14-18(2)36-24)28(33)29(34)31(26)17-19-9-11-30-12-10-19/h3-12,15-16,18,26,32H,1,13-14,17H2,2H3/b27-25+/t18-,26+/m0/s1. The second kappa shape index (κ2) is 9.70. The van der Waals surface area contributed by atoms with Gasteiger partial charge < -0.3 is 19.5 Å². The van der Waals surface area contributed by atoms with E-state index in [1.807, 2.05) is 19.1 Å². The van der Waals surface area contributed by atoms with Gasteiger partial charge in [0.2, 0.25) is 0 Å². The summed E-state index contributed by atoms with van der Waals surface area (Å²) < 4.78 is 11.5. The number of hydrogen-bond donors (Lipinski definition) is 1. The van der Waals surface area contributed by atoms with Crippen molar-refractivity contribution >= 4 is 17.4 Å². The minimum absolute atomic E-state index is 0.0432. The van der Waals surface area contributed by atoms with Crippen LogP contribution in [0.5, 0.6) is 11.5 Å². The van der Waals surface area contributed by atoms with E-state index in [2.05, 4.69) is 11.6 Å². The van der Waals surface area contributed by atoms with Crippen LogP contribution in [0.2, 0.25) is 0 Å². The second-order valence-corrected chi connectivity index (χ2v) is 8.91. The third kappa shape index (κ3) is 4.35. The van der Waals surface area contributed by atoms with Gasteiger partial charge in [0.15, 0.2) is 0 Å². The molecule has 0 unspecified atom stereocenters. The Morgan fingerprint density at radius 3 is 2.78 bits per heavy atom. The van der Waals surface area contributed by atoms with Crippen LogP contribution in [0.25, 0.3) is 5.76 Å². The van der Waals surface area contributed by atoms with Crippen molar-refractivity contribution in [3.63, 3.8) is 0 Å². The molecular formula is C29H26N2O5. The Labute approximate surface area is 209 Å². The quantitative estimate of drug-likeness (QED) is 0.229. The van der Waals surface area contributed by atoms with Gasteiger partial charge in [-0.05, 0) is 66.1 Å². The van der Waals surface area contributed by atoms with Crippen LogP contribution in [0.15, 0.2) is 85.2 Å². The molecule has 1 amide bonds. The average molecular weight is 483 g/mol. The Morgan fingerprint density at radius 1 is 1.19 bits per heavy atom. The van der Waals surface area contributed by atoms with E-state index in [4.69, 9.17) is 9.47 Å². The van der Waals surface area contributed by atoms with E-state index in [9.17, 15) is 14.7 Å². The summed E-state index contributed by atoms with van der Waals surface area (Å²) in [4.78, 5) is 32.1. The number of aliphatic hydroxyl groups is 1. The summed E-state index contributed by atoms with van der Waals surface area (Å²) in [6, 6.07) is 15.3. The van der Waals surface area contributed by atoms with Crippen molar-refractivity contribution in [3.05, 3.63) is 107 Å². The number of amides is 1. The molecule has 36 heavy (non-hydrogen) atoms. The molecule has 2 aliphatic rings. The molecule has 7 nitrogen and oxygen atoms in total. The monoisotopic (exact) mass is 482 g/mol. The molecule has 2 aliphatic heterocycles. The zero-order valence-electron chi connectivity index (χ0n) is 19.9. The molecular weight excluding hydrogens is 456 g/mol. The lowest BCUT2D eigenvalue weighted by molar-refractivity contribution is -0.140. The van der Waals surface area contributed by atoms with Crippen LogP contribution in [0.4, 0.5) is 0 Å². The van der Waals surface area contributed by atoms with Crippen molar-refractivity contribution in [2.75, 3.05) is 6.61 Å². The SMILES string of the molecule is C=CCOc1cccc([C@@H]2/C(=C(\O)c3ccc4c(c3)C[C@H](C)O4)C(=O)C(=O)N2Cc2ccncc2)c1. The number of rotatable bonds is 7. The summed E-state index contributed by atoms with van der Waals surface area (Å²) in [6.45, 7) is 6.15. The first-order valence-electron chi connectivity index (χ1n) is 11.8. The van der Waals surface area contributed by atoms with Crippen LogP contribution < -0.4 is 9.47 Å². The van der Waals surface area contributed by atoms with E-state index in [0.717, 1.165) is 16.9 Å². The largest absolute Gasteiger partial charge is 0.507 e. The number of carbonyl (C=O) groups is 2. The predicted octanol–water partition coefficient (Wildman–Crippen LogP) is 4.59. The Bertz CT molecular complexity index is 1370. The zero-order chi connectivity index (χ0) is 25.2. The van der Waals surface area contributed by atoms with Crippen LogP contribution in [-0.4, -0.2) is 39.4 Å². The first kappa shape index (κ1) is 23.4. The highest BCUT2D eigenvalue weighted by Crippen LogP contribution is 2.42. The highest BCUT2D eigenvalue weighted by molar-refractivity contribution is 6.46. The summed E-state index contributed by atoms with van der Waals surface area (Å²) in [5.41, 5.74) is 2.94. The Hall–Kier alpha value is -4.39. The number of ether oxygens (including phenoxy) is 2. The third-order valence-corrected chi connectivity index (χ3v) is 6.35. The molecule has 0 aliphatic carbocycles. The number of nitrogens with zero attached hydrogens (tertiary/aromatic N) is 2. The lowest BCUT2D eigenvalue weighted by Crippen LogP contribution is -2.29. The number of ketones is 1. The van der Waals surface area contributed by atoms with Gasteiger partial charge in [0.05, 0.1) is 11.6 Å². The highest BCUT2D eigenvalue weighted by atomic mass is 16.5. The topological polar surface area (TPSA) is 89.0 Å². The molecule has 1 fully saturated rings. The van der Waals surface area contributed by atoms with Crippen molar-refractivity contribution in [3.8, 4) is 11.5 Å². The molecule has 182 valence electrons. The van der Waals surface area contributed by atoms with E-state index in [1.54, 1.807) is 60.9 Å². The molecule has 1 saturated heterocycles. The van der Waals surface area contributed by atoms with E-state index in [1.165, 1.54) is 4.90 Å². The van der Waals surface area contributed by atoms with E-state index in [-0.39, 0.29) is 24.0 Å². The van der Waals surface area contributed by atoms with Crippen molar-refractivity contribution in [1.29, 1.82) is 0 Å². The number of Topliss-reactive ketones (excluding diaryl/α,β-unsaturated/α-hetero) is 1. The van der Waals surface area contributed by atoms with Gasteiger partial charge in [0.25, 0.3) is 11.7 Å². The van der Waals surface area contributed by atoms with Gasteiger partial charge in [-0.25, -0.2) is 0 Å². The minimum atomic E-state index is -0.797. The van der Waals surface area contributed by atoms with E-state index in [0.29, 0.717) is 29.9 Å². The second-order valence-electron chi connectivity index (χ2n) is 8.91. The summed E-state index contributed by atoms with van der Waals surface area (Å²) >= 11 is 0. The molecule has 0 bridgehead atoms. The van der Waals surface area contributed by atoms with E-state index < -0.39 is 17.7 Å². The van der Waals surface area contributed by atoms with Crippen molar-refractivity contribution in [1.82, 2.24) is 9.88 Å². The van der Waals surface area contributed by atoms with Crippen molar-refractivity contribution in [2.24, 2.45) is 0 Å². The average Bonchev–Trinajstić information content (AvgIpc) is 3.39. The number of aliphatic hydroxyl groups excluding tert-OH is 1.